The number of nitrogens with one attached hydrogen (secondary N) is 1. The minimum atomic E-state index is -0.621. The Labute approximate surface area is 223 Å². The van der Waals surface area contributed by atoms with E-state index in [1.165, 1.54) is 42.6 Å². The highest BCUT2D eigenvalue weighted by molar-refractivity contribution is 5.92. The van der Waals surface area contributed by atoms with Crippen molar-refractivity contribution >= 4 is 17.5 Å². The van der Waals surface area contributed by atoms with Gasteiger partial charge in [-0.3, -0.25) is 15.0 Å². The average molecular weight is 522 g/mol. The van der Waals surface area contributed by atoms with E-state index < -0.39 is 23.5 Å². The molecule has 5 rings (SSSR count). The zero-order chi connectivity index (χ0) is 26.9. The third-order valence-corrected chi connectivity index (χ3v) is 7.95. The largest absolute Gasteiger partial charge is 0.371 e. The first-order chi connectivity index (χ1) is 18.2. The van der Waals surface area contributed by atoms with Gasteiger partial charge in [0.05, 0.1) is 12.5 Å². The highest BCUT2D eigenvalue weighted by Gasteiger charge is 2.43. The number of benzene rings is 2. The molecule has 2 saturated heterocycles. The molecule has 3 heterocycles. The molecule has 0 saturated carbocycles. The van der Waals surface area contributed by atoms with Crippen LogP contribution >= 0.6 is 0 Å². The number of rotatable bonds is 6. The van der Waals surface area contributed by atoms with Crippen molar-refractivity contribution < 1.29 is 13.6 Å². The van der Waals surface area contributed by atoms with Gasteiger partial charge in [-0.25, -0.2) is 13.8 Å². The van der Waals surface area contributed by atoms with Gasteiger partial charge in [0.15, 0.2) is 0 Å². The van der Waals surface area contributed by atoms with Crippen molar-refractivity contribution in [1.29, 1.82) is 0 Å². The third kappa shape index (κ3) is 5.60. The summed E-state index contributed by atoms with van der Waals surface area (Å²) in [5, 5.41) is 3.03. The quantitative estimate of drug-likeness (QED) is 0.455. The highest BCUT2D eigenvalue weighted by Crippen LogP contribution is 2.38. The molecule has 3 aromatic rings. The number of carbonyl (C=O) groups is 1. The second kappa shape index (κ2) is 10.8. The van der Waals surface area contributed by atoms with Crippen LogP contribution < -0.4 is 10.2 Å². The van der Waals surface area contributed by atoms with Crippen LogP contribution in [0.5, 0.6) is 0 Å². The molecule has 2 aliphatic heterocycles. The van der Waals surface area contributed by atoms with Crippen LogP contribution in [0.25, 0.3) is 0 Å². The van der Waals surface area contributed by atoms with Crippen molar-refractivity contribution in [3.8, 4) is 0 Å². The monoisotopic (exact) mass is 521 g/mol. The number of piperidine rings is 1. The molecule has 1 amide bonds. The number of imidazole rings is 1. The number of halogens is 2. The number of para-hydroxylation sites is 1. The Morgan fingerprint density at radius 1 is 1.05 bits per heavy atom. The summed E-state index contributed by atoms with van der Waals surface area (Å²) in [6.45, 7) is 9.93. The van der Waals surface area contributed by atoms with E-state index in [9.17, 15) is 13.6 Å². The molecule has 1 N–H and O–H groups in total. The molecule has 202 valence electrons. The summed E-state index contributed by atoms with van der Waals surface area (Å²) in [4.78, 5) is 22.7. The number of hydrogen-bond acceptors (Lipinski definition) is 4. The van der Waals surface area contributed by atoms with Crippen molar-refractivity contribution in [3.63, 3.8) is 0 Å². The summed E-state index contributed by atoms with van der Waals surface area (Å²) in [6.07, 6.45) is 7.22. The summed E-state index contributed by atoms with van der Waals surface area (Å²) in [7, 11) is 0. The highest BCUT2D eigenvalue weighted by atomic mass is 19.1. The van der Waals surface area contributed by atoms with Gasteiger partial charge in [-0.1, -0.05) is 24.3 Å². The first-order valence-electron chi connectivity index (χ1n) is 13.6. The van der Waals surface area contributed by atoms with Crippen LogP contribution in [-0.4, -0.2) is 52.1 Å². The van der Waals surface area contributed by atoms with Crippen molar-refractivity contribution in [2.24, 2.45) is 5.92 Å². The zero-order valence-corrected chi connectivity index (χ0v) is 22.5. The van der Waals surface area contributed by atoms with Gasteiger partial charge in [0.1, 0.15) is 11.6 Å². The standard InChI is InChI=1S/C30H37F2N5O/c1-30(2,3)37-19-24(23-12-11-22(31)17-26(23)32)25(20-37)28(38)34-29-33-13-16-36(29)18-21-9-5-6-10-27(21)35-14-7-4-8-15-35/h5-6,9-13,16-17,24-25H,4,7-8,14-15,18-20H2,1-3H3,(H,33,34,38)/t24-,25+/m0/s1. The topological polar surface area (TPSA) is 53.4 Å². The lowest BCUT2D eigenvalue weighted by molar-refractivity contribution is -0.120. The Kier molecular flexibility index (Phi) is 7.52. The Morgan fingerprint density at radius 2 is 1.82 bits per heavy atom. The van der Waals surface area contributed by atoms with Crippen molar-refractivity contribution in [2.75, 3.05) is 36.4 Å². The van der Waals surface area contributed by atoms with E-state index in [4.69, 9.17) is 0 Å². The predicted molar refractivity (Wildman–Crippen MR) is 146 cm³/mol. The smallest absolute Gasteiger partial charge is 0.231 e. The Balaban J connectivity index is 1.37. The molecule has 0 spiro atoms. The van der Waals surface area contributed by atoms with Crippen molar-refractivity contribution in [1.82, 2.24) is 14.5 Å². The Bertz CT molecular complexity index is 1280. The second-order valence-corrected chi connectivity index (χ2v) is 11.5. The van der Waals surface area contributed by atoms with Crippen LogP contribution in [0.3, 0.4) is 0 Å². The van der Waals surface area contributed by atoms with Gasteiger partial charge >= 0.3 is 0 Å². The van der Waals surface area contributed by atoms with Crippen LogP contribution in [0.4, 0.5) is 20.4 Å². The van der Waals surface area contributed by atoms with E-state index in [2.05, 4.69) is 59.1 Å². The first-order valence-corrected chi connectivity index (χ1v) is 13.6. The molecule has 2 fully saturated rings. The molecular formula is C30H37F2N5O. The third-order valence-electron chi connectivity index (χ3n) is 7.95. The van der Waals surface area contributed by atoms with E-state index in [-0.39, 0.29) is 11.4 Å². The molecule has 38 heavy (non-hydrogen) atoms. The Morgan fingerprint density at radius 3 is 2.55 bits per heavy atom. The second-order valence-electron chi connectivity index (χ2n) is 11.5. The summed E-state index contributed by atoms with van der Waals surface area (Å²) in [5.41, 5.74) is 2.58. The van der Waals surface area contributed by atoms with Gasteiger partial charge in [-0.2, -0.15) is 0 Å². The molecule has 0 unspecified atom stereocenters. The molecule has 2 atom stereocenters. The van der Waals surface area contributed by atoms with Crippen LogP contribution in [0.1, 0.15) is 57.1 Å². The van der Waals surface area contributed by atoms with E-state index in [0.717, 1.165) is 19.2 Å². The fourth-order valence-corrected chi connectivity index (χ4v) is 5.77. The molecule has 6 nitrogen and oxygen atoms in total. The van der Waals surface area contributed by atoms with Crippen molar-refractivity contribution in [3.05, 3.63) is 77.6 Å². The summed E-state index contributed by atoms with van der Waals surface area (Å²) < 4.78 is 30.4. The SMILES string of the molecule is CC(C)(C)N1C[C@@H](C(=O)Nc2nccn2Cc2ccccc2N2CCCCC2)[C@H](c2ccc(F)cc2F)C1. The van der Waals surface area contributed by atoms with Gasteiger partial charge in [-0.15, -0.1) is 0 Å². The molecule has 0 radical (unpaired) electrons. The maximum absolute atomic E-state index is 14.8. The maximum Gasteiger partial charge on any atom is 0.231 e. The van der Waals surface area contributed by atoms with E-state index in [1.54, 1.807) is 6.20 Å². The van der Waals surface area contributed by atoms with E-state index in [0.29, 0.717) is 31.1 Å². The molecular weight excluding hydrogens is 484 g/mol. The lowest BCUT2D eigenvalue weighted by Gasteiger charge is -2.31. The van der Waals surface area contributed by atoms with Crippen LogP contribution in [-0.2, 0) is 11.3 Å². The predicted octanol–water partition coefficient (Wildman–Crippen LogP) is 5.65. The number of carbonyl (C=O) groups excluding carboxylic acids is 1. The fourth-order valence-electron chi connectivity index (χ4n) is 5.77. The summed E-state index contributed by atoms with van der Waals surface area (Å²) in [5.74, 6) is -1.86. The lowest BCUT2D eigenvalue weighted by atomic mass is 9.88. The molecule has 2 aromatic carbocycles. The van der Waals surface area contributed by atoms with Crippen LogP contribution in [0, 0.1) is 17.6 Å². The van der Waals surface area contributed by atoms with Gasteiger partial charge in [0.2, 0.25) is 11.9 Å². The number of likely N-dealkylation sites (tertiary alicyclic amines) is 1. The fraction of sp³-hybridized carbons (Fsp3) is 0.467. The molecule has 2 aliphatic rings. The number of aromatic nitrogens is 2. The minimum Gasteiger partial charge on any atom is -0.371 e. The van der Waals surface area contributed by atoms with Gasteiger partial charge in [-0.05, 0) is 63.3 Å². The van der Waals surface area contributed by atoms with E-state index >= 15 is 0 Å². The lowest BCUT2D eigenvalue weighted by Crippen LogP contribution is -2.40. The molecule has 0 bridgehead atoms. The molecule has 0 aliphatic carbocycles. The molecule has 8 heteroatoms. The number of hydrogen-bond donors (Lipinski definition) is 1. The number of anilines is 2. The number of amides is 1. The normalized spacial score (nSPS) is 20.6. The van der Waals surface area contributed by atoms with Gasteiger partial charge in [0.25, 0.3) is 0 Å². The van der Waals surface area contributed by atoms with Crippen LogP contribution in [0.15, 0.2) is 54.9 Å². The zero-order valence-electron chi connectivity index (χ0n) is 22.5. The first kappa shape index (κ1) is 26.4. The van der Waals surface area contributed by atoms with Crippen molar-refractivity contribution in [2.45, 2.75) is 58.0 Å². The molecule has 1 aromatic heterocycles. The van der Waals surface area contributed by atoms with E-state index in [1.807, 2.05) is 16.8 Å². The summed E-state index contributed by atoms with van der Waals surface area (Å²) in [6, 6.07) is 12.0. The summed E-state index contributed by atoms with van der Waals surface area (Å²) >= 11 is 0. The minimum absolute atomic E-state index is 0.194. The number of nitrogens with zero attached hydrogens (tertiary/aromatic N) is 4. The van der Waals surface area contributed by atoms with Gasteiger partial charge in [0, 0.05) is 61.8 Å². The average Bonchev–Trinajstić information content (AvgIpc) is 3.52. The van der Waals surface area contributed by atoms with Crippen LogP contribution in [0.2, 0.25) is 0 Å². The Hall–Kier alpha value is -3.26. The maximum atomic E-state index is 14.8. The van der Waals surface area contributed by atoms with Gasteiger partial charge < -0.3 is 9.47 Å².